The van der Waals surface area contributed by atoms with Crippen LogP contribution < -0.4 is 11.5 Å². The molecule has 0 heterocycles. The van der Waals surface area contributed by atoms with Crippen molar-refractivity contribution in [3.63, 3.8) is 0 Å². The quantitative estimate of drug-likeness (QED) is 0.326. The molecule has 0 aliphatic carbocycles. The molecule has 0 aromatic carbocycles. The van der Waals surface area contributed by atoms with Crippen molar-refractivity contribution in [1.82, 2.24) is 0 Å². The van der Waals surface area contributed by atoms with Crippen LogP contribution >= 0.6 is 0 Å². The van der Waals surface area contributed by atoms with E-state index < -0.39 is 12.1 Å². The number of rotatable bonds is 1. The molecule has 0 saturated heterocycles. The number of hydrogen-bond acceptors (Lipinski definition) is 4. The van der Waals surface area contributed by atoms with Crippen molar-refractivity contribution in [1.29, 1.82) is 0 Å². The molecular formula is C3H6N2O3. The summed E-state index contributed by atoms with van der Waals surface area (Å²) in [6.07, 6.45) is -1.12. The van der Waals surface area contributed by atoms with Gasteiger partial charge in [0.25, 0.3) is 0 Å². The van der Waals surface area contributed by atoms with Gasteiger partial charge in [-0.05, 0) is 0 Å². The Labute approximate surface area is 45.6 Å². The molecule has 0 aliphatic rings. The monoisotopic (exact) mass is 118 g/mol. The van der Waals surface area contributed by atoms with Crippen LogP contribution in [0.1, 0.15) is 0 Å². The predicted octanol–water partition coefficient (Wildman–Crippen LogP) is -1.43. The zero-order valence-electron chi connectivity index (χ0n) is 4.09. The summed E-state index contributed by atoms with van der Waals surface area (Å²) in [5.74, 6) is -0.822. The number of primary amides is 1. The van der Waals surface area contributed by atoms with Gasteiger partial charge in [-0.25, -0.2) is 4.79 Å². The van der Waals surface area contributed by atoms with E-state index in [1.165, 1.54) is 0 Å². The fraction of sp³-hybridized carbons (Fsp3) is 0.333. The van der Waals surface area contributed by atoms with Crippen LogP contribution in [0.5, 0.6) is 0 Å². The van der Waals surface area contributed by atoms with E-state index in [0.29, 0.717) is 0 Å². The normalized spacial score (nSPS) is 8.12. The van der Waals surface area contributed by atoms with Gasteiger partial charge in [-0.3, -0.25) is 4.79 Å². The Morgan fingerprint density at radius 1 is 1.50 bits per heavy atom. The van der Waals surface area contributed by atoms with Crippen LogP contribution in [0.15, 0.2) is 0 Å². The molecule has 0 atom stereocenters. The van der Waals surface area contributed by atoms with Gasteiger partial charge in [0.15, 0.2) is 0 Å². The number of carbonyl (C=O) groups is 2. The molecule has 0 aromatic heterocycles. The highest BCUT2D eigenvalue weighted by atomic mass is 16.6. The molecule has 8 heavy (non-hydrogen) atoms. The Hall–Kier alpha value is -1.10. The first-order valence-electron chi connectivity index (χ1n) is 1.87. The van der Waals surface area contributed by atoms with Gasteiger partial charge in [-0.15, -0.1) is 0 Å². The van der Waals surface area contributed by atoms with Crippen molar-refractivity contribution in [3.8, 4) is 0 Å². The Kier molecular flexibility index (Phi) is 2.57. The molecule has 0 rings (SSSR count). The topological polar surface area (TPSA) is 95.4 Å². The Bertz CT molecular complexity index is 111. The first-order chi connectivity index (χ1) is 3.66. The number of amides is 1. The fourth-order valence-electron chi connectivity index (χ4n) is 0.154. The number of hydrogen-bond donors (Lipinski definition) is 2. The lowest BCUT2D eigenvalue weighted by molar-refractivity contribution is -0.135. The molecule has 0 bridgehead atoms. The minimum atomic E-state index is -1.12. The molecular weight excluding hydrogens is 112 g/mol. The van der Waals surface area contributed by atoms with E-state index >= 15 is 0 Å². The smallest absolute Gasteiger partial charge is 0.375 e. The van der Waals surface area contributed by atoms with Crippen molar-refractivity contribution < 1.29 is 14.3 Å². The molecule has 5 heteroatoms. The molecule has 0 aromatic rings. The van der Waals surface area contributed by atoms with Crippen molar-refractivity contribution in [3.05, 3.63) is 0 Å². The third kappa shape index (κ3) is 3.10. The standard InChI is InChI=1S/C3H6N2O3/c4-1-2(6)8-3(5)7/h1,4H2,(H2,5,7). The molecule has 0 aliphatic heterocycles. The van der Waals surface area contributed by atoms with E-state index in [-0.39, 0.29) is 6.54 Å². The van der Waals surface area contributed by atoms with Crippen LogP contribution in [0.4, 0.5) is 4.79 Å². The van der Waals surface area contributed by atoms with E-state index in [2.05, 4.69) is 10.5 Å². The second kappa shape index (κ2) is 2.98. The van der Waals surface area contributed by atoms with Gasteiger partial charge >= 0.3 is 12.1 Å². The van der Waals surface area contributed by atoms with Crippen molar-refractivity contribution in [2.75, 3.05) is 6.54 Å². The van der Waals surface area contributed by atoms with Crippen molar-refractivity contribution >= 4 is 12.1 Å². The second-order valence-corrected chi connectivity index (χ2v) is 0.997. The molecule has 4 N–H and O–H groups in total. The summed E-state index contributed by atoms with van der Waals surface area (Å²) >= 11 is 0. The Balaban J connectivity index is 3.40. The summed E-state index contributed by atoms with van der Waals surface area (Å²) in [5.41, 5.74) is 9.17. The maximum Gasteiger partial charge on any atom is 0.412 e. The van der Waals surface area contributed by atoms with E-state index in [0.717, 1.165) is 0 Å². The largest absolute Gasteiger partial charge is 0.412 e. The number of ether oxygens (including phenoxy) is 1. The average molecular weight is 118 g/mol. The molecule has 0 fully saturated rings. The highest BCUT2D eigenvalue weighted by Gasteiger charge is 2.00. The fourth-order valence-corrected chi connectivity index (χ4v) is 0.154. The first-order valence-corrected chi connectivity index (χ1v) is 1.87. The van der Waals surface area contributed by atoms with Crippen LogP contribution in [0.25, 0.3) is 0 Å². The average Bonchev–Trinajstić information content (AvgIpc) is 1.65. The van der Waals surface area contributed by atoms with Gasteiger partial charge in [-0.2, -0.15) is 0 Å². The zero-order chi connectivity index (χ0) is 6.57. The lowest BCUT2D eigenvalue weighted by Crippen LogP contribution is -2.24. The summed E-state index contributed by atoms with van der Waals surface area (Å²) in [5, 5.41) is 0. The molecule has 1 amide bonds. The molecule has 5 nitrogen and oxygen atoms in total. The highest BCUT2D eigenvalue weighted by Crippen LogP contribution is 1.71. The van der Waals surface area contributed by atoms with Gasteiger partial charge in [-0.1, -0.05) is 0 Å². The van der Waals surface area contributed by atoms with Gasteiger partial charge < -0.3 is 16.2 Å². The van der Waals surface area contributed by atoms with E-state index in [1.807, 2.05) is 0 Å². The van der Waals surface area contributed by atoms with Gasteiger partial charge in [0.1, 0.15) is 0 Å². The first kappa shape index (κ1) is 6.90. The Morgan fingerprint density at radius 2 is 2.00 bits per heavy atom. The zero-order valence-corrected chi connectivity index (χ0v) is 4.09. The lowest BCUT2D eigenvalue weighted by atomic mass is 10.7. The van der Waals surface area contributed by atoms with Crippen LogP contribution in [-0.2, 0) is 9.53 Å². The summed E-state index contributed by atoms with van der Waals surface area (Å²) < 4.78 is 3.77. The van der Waals surface area contributed by atoms with Crippen LogP contribution in [-0.4, -0.2) is 18.6 Å². The summed E-state index contributed by atoms with van der Waals surface area (Å²) in [4.78, 5) is 19.7. The van der Waals surface area contributed by atoms with E-state index in [4.69, 9.17) is 5.73 Å². The van der Waals surface area contributed by atoms with Gasteiger partial charge in [0, 0.05) is 0 Å². The highest BCUT2D eigenvalue weighted by molar-refractivity contribution is 5.84. The number of nitrogens with two attached hydrogens (primary N) is 2. The van der Waals surface area contributed by atoms with E-state index in [1.54, 1.807) is 0 Å². The van der Waals surface area contributed by atoms with Gasteiger partial charge in [0.05, 0.1) is 6.54 Å². The molecule has 0 radical (unpaired) electrons. The molecule has 0 spiro atoms. The second-order valence-electron chi connectivity index (χ2n) is 0.997. The minimum absolute atomic E-state index is 0.330. The Morgan fingerprint density at radius 3 is 2.12 bits per heavy atom. The predicted molar refractivity (Wildman–Crippen MR) is 24.7 cm³/mol. The van der Waals surface area contributed by atoms with Gasteiger partial charge in [0.2, 0.25) is 0 Å². The third-order valence-electron chi connectivity index (χ3n) is 0.381. The molecule has 46 valence electrons. The maximum atomic E-state index is 9.97. The number of esters is 1. The SMILES string of the molecule is NCC(=O)OC(N)=O. The lowest BCUT2D eigenvalue weighted by Gasteiger charge is -1.91. The summed E-state index contributed by atoms with van der Waals surface area (Å²) in [6, 6.07) is 0. The third-order valence-corrected chi connectivity index (χ3v) is 0.381. The number of carbonyl (C=O) groups excluding carboxylic acids is 2. The van der Waals surface area contributed by atoms with Crippen molar-refractivity contribution in [2.45, 2.75) is 0 Å². The minimum Gasteiger partial charge on any atom is -0.375 e. The van der Waals surface area contributed by atoms with Crippen LogP contribution in [0, 0.1) is 0 Å². The molecule has 0 saturated carbocycles. The summed E-state index contributed by atoms with van der Waals surface area (Å²) in [7, 11) is 0. The van der Waals surface area contributed by atoms with Crippen LogP contribution in [0.2, 0.25) is 0 Å². The summed E-state index contributed by atoms with van der Waals surface area (Å²) in [6.45, 7) is -0.330. The maximum absolute atomic E-state index is 9.97. The van der Waals surface area contributed by atoms with Crippen LogP contribution in [0.3, 0.4) is 0 Å². The van der Waals surface area contributed by atoms with E-state index in [9.17, 15) is 9.59 Å². The molecule has 0 unspecified atom stereocenters. The van der Waals surface area contributed by atoms with Crippen molar-refractivity contribution in [2.24, 2.45) is 11.5 Å².